The summed E-state index contributed by atoms with van der Waals surface area (Å²) >= 11 is 17.0. The topological polar surface area (TPSA) is 0 Å². The van der Waals surface area contributed by atoms with Gasteiger partial charge in [0.1, 0.15) is 4.84 Å². The maximum Gasteiger partial charge on any atom is 0.133 e. The maximum atomic E-state index is 5.69. The molecule has 0 nitrogen and oxygen atoms in total. The van der Waals surface area contributed by atoms with Crippen molar-refractivity contribution in [1.29, 1.82) is 0 Å². The zero-order chi connectivity index (χ0) is 8.27. The van der Waals surface area contributed by atoms with Gasteiger partial charge in [-0.2, -0.15) is 0 Å². The lowest BCUT2D eigenvalue weighted by atomic mass is 10.1. The Hall–Kier alpha value is 0.0900. The second kappa shape index (κ2) is 4.20. The summed E-state index contributed by atoms with van der Waals surface area (Å²) in [6.45, 7) is 0. The summed E-state index contributed by atoms with van der Waals surface area (Å²) in [5, 5.41) is 0. The summed E-state index contributed by atoms with van der Waals surface area (Å²) in [5.74, 6) is 0.451. The fourth-order valence-corrected chi connectivity index (χ4v) is 1.54. The van der Waals surface area contributed by atoms with Gasteiger partial charge in [0, 0.05) is 5.88 Å². The maximum absolute atomic E-state index is 5.69. The number of hydrogen-bond acceptors (Lipinski definition) is 0. The monoisotopic (exact) mass is 208 g/mol. The van der Waals surface area contributed by atoms with Crippen molar-refractivity contribution < 1.29 is 0 Å². The molecule has 0 unspecified atom stereocenters. The van der Waals surface area contributed by atoms with Gasteiger partial charge in [-0.15, -0.1) is 34.8 Å². The highest BCUT2D eigenvalue weighted by atomic mass is 35.5. The van der Waals surface area contributed by atoms with Crippen LogP contribution in [0.15, 0.2) is 24.3 Å². The zero-order valence-electron chi connectivity index (χ0n) is 5.73. The van der Waals surface area contributed by atoms with Crippen LogP contribution in [0.1, 0.15) is 16.0 Å². The molecule has 0 saturated carbocycles. The van der Waals surface area contributed by atoms with Gasteiger partial charge < -0.3 is 0 Å². The van der Waals surface area contributed by atoms with Crippen LogP contribution in [0.4, 0.5) is 0 Å². The van der Waals surface area contributed by atoms with Gasteiger partial charge in [-0.05, 0) is 11.1 Å². The van der Waals surface area contributed by atoms with Crippen LogP contribution in [0.25, 0.3) is 0 Å². The van der Waals surface area contributed by atoms with Gasteiger partial charge >= 0.3 is 0 Å². The first kappa shape index (κ1) is 9.18. The number of rotatable bonds is 2. The Kier molecular flexibility index (Phi) is 3.50. The molecule has 0 radical (unpaired) electrons. The molecule has 0 spiro atoms. The zero-order valence-corrected chi connectivity index (χ0v) is 8.00. The quantitative estimate of drug-likeness (QED) is 0.648. The Morgan fingerprint density at radius 3 is 2.27 bits per heavy atom. The highest BCUT2D eigenvalue weighted by Gasteiger charge is 2.06. The predicted octanol–water partition coefficient (Wildman–Crippen LogP) is 3.90. The van der Waals surface area contributed by atoms with Crippen molar-refractivity contribution in [2.75, 3.05) is 0 Å². The molecule has 0 heterocycles. The molecule has 11 heavy (non-hydrogen) atoms. The summed E-state index contributed by atoms with van der Waals surface area (Å²) in [6, 6.07) is 7.60. The van der Waals surface area contributed by atoms with Crippen LogP contribution >= 0.6 is 34.8 Å². The van der Waals surface area contributed by atoms with E-state index < -0.39 is 4.84 Å². The van der Waals surface area contributed by atoms with E-state index in [0.717, 1.165) is 11.1 Å². The van der Waals surface area contributed by atoms with E-state index in [1.54, 1.807) is 0 Å². The highest BCUT2D eigenvalue weighted by Crippen LogP contribution is 2.28. The average Bonchev–Trinajstić information content (AvgIpc) is 2.04. The van der Waals surface area contributed by atoms with E-state index in [2.05, 4.69) is 0 Å². The minimum absolute atomic E-state index is 0.451. The molecule has 1 aromatic rings. The second-order valence-electron chi connectivity index (χ2n) is 2.13. The van der Waals surface area contributed by atoms with Crippen LogP contribution in [0.5, 0.6) is 0 Å². The molecule has 3 heteroatoms. The first-order chi connectivity index (χ1) is 5.25. The number of hydrogen-bond donors (Lipinski definition) is 0. The molecule has 0 bridgehead atoms. The van der Waals surface area contributed by atoms with Gasteiger partial charge in [0.15, 0.2) is 0 Å². The van der Waals surface area contributed by atoms with Crippen LogP contribution in [-0.4, -0.2) is 0 Å². The molecule has 0 aliphatic rings. The molecule has 0 saturated heterocycles. The molecule has 0 N–H and O–H groups in total. The Morgan fingerprint density at radius 1 is 1.18 bits per heavy atom. The van der Waals surface area contributed by atoms with Crippen molar-refractivity contribution in [3.05, 3.63) is 35.4 Å². The minimum atomic E-state index is -0.482. The molecule has 0 fully saturated rings. The molecule has 1 aromatic carbocycles. The minimum Gasteiger partial charge on any atom is -0.122 e. The van der Waals surface area contributed by atoms with Crippen molar-refractivity contribution in [3.8, 4) is 0 Å². The Morgan fingerprint density at radius 2 is 1.82 bits per heavy atom. The van der Waals surface area contributed by atoms with Crippen LogP contribution < -0.4 is 0 Å². The van der Waals surface area contributed by atoms with Gasteiger partial charge in [0.2, 0.25) is 0 Å². The molecule has 0 amide bonds. The Labute approximate surface area is 81.1 Å². The Bertz CT molecular complexity index is 233. The predicted molar refractivity (Wildman–Crippen MR) is 50.4 cm³/mol. The molecule has 0 aromatic heterocycles. The van der Waals surface area contributed by atoms with Crippen LogP contribution in [0.3, 0.4) is 0 Å². The van der Waals surface area contributed by atoms with Crippen molar-refractivity contribution in [2.45, 2.75) is 10.7 Å². The van der Waals surface area contributed by atoms with E-state index in [0.29, 0.717) is 5.88 Å². The van der Waals surface area contributed by atoms with Crippen LogP contribution in [0, 0.1) is 0 Å². The summed E-state index contributed by atoms with van der Waals surface area (Å²) in [4.78, 5) is -0.482. The summed E-state index contributed by atoms with van der Waals surface area (Å²) in [5.41, 5.74) is 1.88. The summed E-state index contributed by atoms with van der Waals surface area (Å²) < 4.78 is 0. The van der Waals surface area contributed by atoms with Crippen molar-refractivity contribution in [1.82, 2.24) is 0 Å². The van der Waals surface area contributed by atoms with E-state index in [9.17, 15) is 0 Å². The normalized spacial score (nSPS) is 10.5. The van der Waals surface area contributed by atoms with E-state index in [4.69, 9.17) is 34.8 Å². The largest absolute Gasteiger partial charge is 0.133 e. The highest BCUT2D eigenvalue weighted by molar-refractivity contribution is 6.44. The summed E-state index contributed by atoms with van der Waals surface area (Å²) in [6.07, 6.45) is 0. The molecule has 0 atom stereocenters. The smallest absolute Gasteiger partial charge is 0.122 e. The molecule has 0 aliphatic carbocycles. The fourth-order valence-electron chi connectivity index (χ4n) is 0.869. The van der Waals surface area contributed by atoms with Crippen molar-refractivity contribution in [3.63, 3.8) is 0 Å². The fraction of sp³-hybridized carbons (Fsp3) is 0.250. The average molecular weight is 210 g/mol. The van der Waals surface area contributed by atoms with Crippen LogP contribution in [-0.2, 0) is 5.88 Å². The number of benzene rings is 1. The summed E-state index contributed by atoms with van der Waals surface area (Å²) in [7, 11) is 0. The van der Waals surface area contributed by atoms with E-state index in [1.807, 2.05) is 24.3 Å². The van der Waals surface area contributed by atoms with Gasteiger partial charge in [0.25, 0.3) is 0 Å². The first-order valence-corrected chi connectivity index (χ1v) is 4.58. The van der Waals surface area contributed by atoms with E-state index in [-0.39, 0.29) is 0 Å². The lowest BCUT2D eigenvalue weighted by molar-refractivity contribution is 1.24. The SMILES string of the molecule is ClCc1ccccc1C(Cl)Cl. The van der Waals surface area contributed by atoms with Crippen molar-refractivity contribution >= 4 is 34.8 Å². The molecule has 60 valence electrons. The lowest BCUT2D eigenvalue weighted by Gasteiger charge is -2.05. The third-order valence-corrected chi connectivity index (χ3v) is 2.19. The van der Waals surface area contributed by atoms with Gasteiger partial charge in [-0.25, -0.2) is 0 Å². The van der Waals surface area contributed by atoms with Crippen molar-refractivity contribution in [2.24, 2.45) is 0 Å². The lowest BCUT2D eigenvalue weighted by Crippen LogP contribution is -1.88. The molecule has 1 rings (SSSR count). The number of halogens is 3. The standard InChI is InChI=1S/C8H7Cl3/c9-5-6-3-1-2-4-7(6)8(10)11/h1-4,8H,5H2. The van der Waals surface area contributed by atoms with Gasteiger partial charge in [-0.1, -0.05) is 24.3 Å². The first-order valence-electron chi connectivity index (χ1n) is 3.17. The third kappa shape index (κ3) is 2.26. The number of alkyl halides is 3. The second-order valence-corrected chi connectivity index (χ2v) is 3.50. The van der Waals surface area contributed by atoms with E-state index >= 15 is 0 Å². The van der Waals surface area contributed by atoms with Gasteiger partial charge in [0.05, 0.1) is 0 Å². The van der Waals surface area contributed by atoms with Crippen LogP contribution in [0.2, 0.25) is 0 Å². The van der Waals surface area contributed by atoms with Gasteiger partial charge in [-0.3, -0.25) is 0 Å². The van der Waals surface area contributed by atoms with E-state index in [1.165, 1.54) is 0 Å². The Balaban J connectivity index is 3.02. The molecule has 0 aliphatic heterocycles. The third-order valence-electron chi connectivity index (χ3n) is 1.43. The molecular weight excluding hydrogens is 202 g/mol. The molecular formula is C8H7Cl3.